The van der Waals surface area contributed by atoms with Gasteiger partial charge >= 0.3 is 0 Å². The van der Waals surface area contributed by atoms with E-state index in [0.717, 1.165) is 35.3 Å². The van der Waals surface area contributed by atoms with Crippen LogP contribution in [0, 0.1) is 5.82 Å². The van der Waals surface area contributed by atoms with E-state index in [4.69, 9.17) is 0 Å². The summed E-state index contributed by atoms with van der Waals surface area (Å²) in [5.41, 5.74) is 2.56. The maximum Gasteiger partial charge on any atom is 0.243 e. The van der Waals surface area contributed by atoms with Crippen molar-refractivity contribution >= 4 is 21.1 Å². The SMILES string of the molecule is CCC(CN1CCN(S(=O)(=O)c2ccc(F)cc2)CC1)n1cc(-c2ncnc3[nH]ccc23)cn1. The van der Waals surface area contributed by atoms with Gasteiger partial charge in [0.15, 0.2) is 0 Å². The van der Waals surface area contributed by atoms with Crippen molar-refractivity contribution in [2.24, 2.45) is 0 Å². The topological polar surface area (TPSA) is 100 Å². The molecule has 0 radical (unpaired) electrons. The van der Waals surface area contributed by atoms with Crippen LogP contribution in [0.25, 0.3) is 22.3 Å². The van der Waals surface area contributed by atoms with E-state index in [-0.39, 0.29) is 10.9 Å². The highest BCUT2D eigenvalue weighted by atomic mass is 32.2. The molecule has 1 fully saturated rings. The molecule has 3 aromatic heterocycles. The predicted octanol–water partition coefficient (Wildman–Crippen LogP) is 2.92. The van der Waals surface area contributed by atoms with Gasteiger partial charge in [0.1, 0.15) is 17.8 Å². The van der Waals surface area contributed by atoms with Crippen LogP contribution in [0.15, 0.2) is 60.1 Å². The Hall–Kier alpha value is -3.15. The number of halogens is 1. The summed E-state index contributed by atoms with van der Waals surface area (Å²) in [6, 6.07) is 7.10. The number of rotatable bonds is 7. The molecule has 1 saturated heterocycles. The number of fused-ring (bicyclic) bond motifs is 1. The summed E-state index contributed by atoms with van der Waals surface area (Å²) in [4.78, 5) is 14.2. The lowest BCUT2D eigenvalue weighted by Gasteiger charge is -2.35. The summed E-state index contributed by atoms with van der Waals surface area (Å²) in [6.45, 7) is 4.93. The Kier molecular flexibility index (Phi) is 6.15. The zero-order valence-corrected chi connectivity index (χ0v) is 19.6. The van der Waals surface area contributed by atoms with Gasteiger partial charge in [-0.25, -0.2) is 22.8 Å². The third-order valence-electron chi connectivity index (χ3n) is 6.33. The third kappa shape index (κ3) is 4.33. The number of nitrogens with zero attached hydrogens (tertiary/aromatic N) is 6. The standard InChI is InChI=1S/C23H26FN7O2S/c1-2-19(31-14-17(13-28-31)22-21-7-8-25-23(21)27-16-26-22)15-29-9-11-30(12-10-29)34(32,33)20-5-3-18(24)4-6-20/h3-8,13-14,16,19H,2,9-12,15H2,1H3,(H,25,26,27). The van der Waals surface area contributed by atoms with Crippen molar-refractivity contribution in [2.75, 3.05) is 32.7 Å². The van der Waals surface area contributed by atoms with Crippen molar-refractivity contribution in [1.29, 1.82) is 0 Å². The van der Waals surface area contributed by atoms with Crippen LogP contribution in [0.3, 0.4) is 0 Å². The molecule has 0 aliphatic carbocycles. The van der Waals surface area contributed by atoms with Crippen molar-refractivity contribution in [2.45, 2.75) is 24.3 Å². The maximum atomic E-state index is 13.2. The highest BCUT2D eigenvalue weighted by Crippen LogP contribution is 2.26. The summed E-state index contributed by atoms with van der Waals surface area (Å²) in [5, 5.41) is 5.56. The number of piperazine rings is 1. The summed E-state index contributed by atoms with van der Waals surface area (Å²) >= 11 is 0. The lowest BCUT2D eigenvalue weighted by Crippen LogP contribution is -2.49. The van der Waals surface area contributed by atoms with E-state index in [1.807, 2.05) is 29.3 Å². The second kappa shape index (κ2) is 9.24. The van der Waals surface area contributed by atoms with Gasteiger partial charge in [-0.3, -0.25) is 9.58 Å². The van der Waals surface area contributed by atoms with Gasteiger partial charge in [-0.1, -0.05) is 6.92 Å². The molecule has 4 aromatic rings. The molecule has 0 amide bonds. The van der Waals surface area contributed by atoms with Crippen LogP contribution in [-0.4, -0.2) is 75.1 Å². The number of nitrogens with one attached hydrogen (secondary N) is 1. The summed E-state index contributed by atoms with van der Waals surface area (Å²) in [6.07, 6.45) is 8.11. The van der Waals surface area contributed by atoms with Gasteiger partial charge in [0.25, 0.3) is 0 Å². The second-order valence-electron chi connectivity index (χ2n) is 8.39. The highest BCUT2D eigenvalue weighted by Gasteiger charge is 2.29. The molecule has 1 aliphatic rings. The molecular weight excluding hydrogens is 457 g/mol. The fourth-order valence-corrected chi connectivity index (χ4v) is 5.79. The van der Waals surface area contributed by atoms with Crippen LogP contribution in [0.2, 0.25) is 0 Å². The highest BCUT2D eigenvalue weighted by molar-refractivity contribution is 7.89. The van der Waals surface area contributed by atoms with E-state index in [2.05, 4.69) is 31.9 Å². The van der Waals surface area contributed by atoms with Gasteiger partial charge in [-0.2, -0.15) is 9.40 Å². The smallest absolute Gasteiger partial charge is 0.243 e. The van der Waals surface area contributed by atoms with Crippen molar-refractivity contribution in [3.63, 3.8) is 0 Å². The van der Waals surface area contributed by atoms with Gasteiger partial charge in [-0.05, 0) is 36.8 Å². The summed E-state index contributed by atoms with van der Waals surface area (Å²) in [5.74, 6) is -0.451. The molecule has 1 aliphatic heterocycles. The quantitative estimate of drug-likeness (QED) is 0.434. The first-order chi connectivity index (χ1) is 16.5. The average molecular weight is 484 g/mol. The van der Waals surface area contributed by atoms with Gasteiger partial charge in [-0.15, -0.1) is 0 Å². The number of sulfonamides is 1. The molecule has 5 rings (SSSR count). The van der Waals surface area contributed by atoms with E-state index in [1.54, 1.807) is 6.33 Å². The van der Waals surface area contributed by atoms with Crippen LogP contribution in [0.5, 0.6) is 0 Å². The van der Waals surface area contributed by atoms with Gasteiger partial charge in [0, 0.05) is 56.1 Å². The molecule has 0 bridgehead atoms. The molecule has 0 saturated carbocycles. The van der Waals surface area contributed by atoms with Crippen LogP contribution >= 0.6 is 0 Å². The summed E-state index contributed by atoms with van der Waals surface area (Å²) < 4.78 is 42.4. The Labute approximate surface area is 197 Å². The number of benzene rings is 1. The lowest BCUT2D eigenvalue weighted by molar-refractivity contribution is 0.160. The Bertz CT molecular complexity index is 1380. The van der Waals surface area contributed by atoms with E-state index >= 15 is 0 Å². The summed E-state index contributed by atoms with van der Waals surface area (Å²) in [7, 11) is -3.62. The molecule has 1 N–H and O–H groups in total. The molecule has 34 heavy (non-hydrogen) atoms. The minimum atomic E-state index is -3.62. The molecule has 11 heteroatoms. The van der Waals surface area contributed by atoms with Crippen molar-refractivity contribution in [3.05, 3.63) is 61.1 Å². The molecule has 178 valence electrons. The molecule has 0 spiro atoms. The fraction of sp³-hybridized carbons (Fsp3) is 0.348. The number of aromatic amines is 1. The second-order valence-corrected chi connectivity index (χ2v) is 10.3. The number of hydrogen-bond donors (Lipinski definition) is 1. The number of hydrogen-bond acceptors (Lipinski definition) is 6. The zero-order chi connectivity index (χ0) is 23.7. The normalized spacial score (nSPS) is 16.8. The molecule has 1 unspecified atom stereocenters. The third-order valence-corrected chi connectivity index (χ3v) is 8.24. The van der Waals surface area contributed by atoms with E-state index in [0.29, 0.717) is 26.2 Å². The largest absolute Gasteiger partial charge is 0.346 e. The molecular formula is C23H26FN7O2S. The lowest BCUT2D eigenvalue weighted by atomic mass is 10.1. The molecule has 9 nitrogen and oxygen atoms in total. The molecule has 1 aromatic carbocycles. The predicted molar refractivity (Wildman–Crippen MR) is 126 cm³/mol. The molecule has 4 heterocycles. The minimum absolute atomic E-state index is 0.124. The van der Waals surface area contributed by atoms with Crippen molar-refractivity contribution < 1.29 is 12.8 Å². The number of H-pyrrole nitrogens is 1. The monoisotopic (exact) mass is 483 g/mol. The Morgan fingerprint density at radius 2 is 1.85 bits per heavy atom. The van der Waals surface area contributed by atoms with E-state index in [1.165, 1.54) is 28.6 Å². The Morgan fingerprint density at radius 1 is 1.09 bits per heavy atom. The maximum absolute atomic E-state index is 13.2. The van der Waals surface area contributed by atoms with E-state index < -0.39 is 15.8 Å². The first kappa shape index (κ1) is 22.6. The average Bonchev–Trinajstić information content (AvgIpc) is 3.53. The minimum Gasteiger partial charge on any atom is -0.346 e. The van der Waals surface area contributed by atoms with Gasteiger partial charge in [0.05, 0.1) is 22.8 Å². The Morgan fingerprint density at radius 3 is 2.59 bits per heavy atom. The van der Waals surface area contributed by atoms with Crippen LogP contribution in [-0.2, 0) is 10.0 Å². The van der Waals surface area contributed by atoms with E-state index in [9.17, 15) is 12.8 Å². The zero-order valence-electron chi connectivity index (χ0n) is 18.8. The van der Waals surface area contributed by atoms with Gasteiger partial charge in [0.2, 0.25) is 10.0 Å². The van der Waals surface area contributed by atoms with Crippen molar-refractivity contribution in [1.82, 2.24) is 33.9 Å². The fourth-order valence-electron chi connectivity index (χ4n) is 4.37. The van der Waals surface area contributed by atoms with Crippen LogP contribution in [0.4, 0.5) is 4.39 Å². The van der Waals surface area contributed by atoms with Crippen LogP contribution < -0.4 is 0 Å². The Balaban J connectivity index is 1.25. The molecule has 1 atom stereocenters. The van der Waals surface area contributed by atoms with Crippen LogP contribution in [0.1, 0.15) is 19.4 Å². The number of aromatic nitrogens is 5. The first-order valence-corrected chi connectivity index (χ1v) is 12.7. The first-order valence-electron chi connectivity index (χ1n) is 11.3. The van der Waals surface area contributed by atoms with Crippen molar-refractivity contribution in [3.8, 4) is 11.3 Å². The van der Waals surface area contributed by atoms with Gasteiger partial charge < -0.3 is 4.98 Å².